The molecule has 2 nitrogen and oxygen atoms in total. The van der Waals surface area contributed by atoms with Crippen molar-refractivity contribution in [2.24, 2.45) is 0 Å². The van der Waals surface area contributed by atoms with Crippen LogP contribution in [0.25, 0.3) is 0 Å². The monoisotopic (exact) mass is 454 g/mol. The first kappa shape index (κ1) is 24.3. The van der Waals surface area contributed by atoms with E-state index in [0.29, 0.717) is 6.54 Å². The Hall–Kier alpha value is -1.78. The maximum atomic E-state index is 14.2. The van der Waals surface area contributed by atoms with Crippen molar-refractivity contribution in [1.29, 1.82) is 0 Å². The van der Waals surface area contributed by atoms with Gasteiger partial charge in [0.1, 0.15) is 0 Å². The fraction of sp³-hybridized carbons (Fsp3) is 0.586. The normalized spacial score (nSPS) is 20.3. The van der Waals surface area contributed by atoms with E-state index >= 15 is 0 Å². The van der Waals surface area contributed by atoms with Crippen LogP contribution in [0.1, 0.15) is 88.3 Å². The van der Waals surface area contributed by atoms with Crippen molar-refractivity contribution in [1.82, 2.24) is 10.2 Å². The van der Waals surface area contributed by atoms with Gasteiger partial charge >= 0.3 is 0 Å². The number of halogens is 2. The zero-order chi connectivity index (χ0) is 24.2. The highest BCUT2D eigenvalue weighted by molar-refractivity contribution is 5.42. The van der Waals surface area contributed by atoms with Gasteiger partial charge in [0.05, 0.1) is 6.54 Å². The van der Waals surface area contributed by atoms with Crippen LogP contribution in [0.15, 0.2) is 36.4 Å². The fourth-order valence-corrected chi connectivity index (χ4v) is 5.50. The molecule has 2 aliphatic rings. The van der Waals surface area contributed by atoms with E-state index in [9.17, 15) is 8.78 Å². The van der Waals surface area contributed by atoms with Crippen molar-refractivity contribution < 1.29 is 8.78 Å². The molecule has 0 saturated carbocycles. The van der Waals surface area contributed by atoms with E-state index in [1.807, 2.05) is 12.1 Å². The molecular weight excluding hydrogens is 414 g/mol. The Labute approximate surface area is 198 Å². The van der Waals surface area contributed by atoms with Gasteiger partial charge in [0, 0.05) is 30.6 Å². The first-order valence-corrected chi connectivity index (χ1v) is 12.3. The Kier molecular flexibility index (Phi) is 6.02. The Morgan fingerprint density at radius 1 is 0.909 bits per heavy atom. The van der Waals surface area contributed by atoms with Crippen LogP contribution >= 0.6 is 0 Å². The number of rotatable bonds is 4. The van der Waals surface area contributed by atoms with Gasteiger partial charge in [-0.1, -0.05) is 84.9 Å². The van der Waals surface area contributed by atoms with Gasteiger partial charge in [0.25, 0.3) is 5.92 Å². The first-order valence-electron chi connectivity index (χ1n) is 12.3. The van der Waals surface area contributed by atoms with E-state index in [1.165, 1.54) is 16.7 Å². The van der Waals surface area contributed by atoms with E-state index in [-0.39, 0.29) is 28.4 Å². The van der Waals surface area contributed by atoms with Crippen molar-refractivity contribution in [2.45, 2.75) is 90.1 Å². The smallest absolute Gasteiger partial charge is 0.285 e. The number of alkyl halides is 2. The summed E-state index contributed by atoms with van der Waals surface area (Å²) in [4.78, 5) is 2.57. The van der Waals surface area contributed by atoms with Gasteiger partial charge in [0.15, 0.2) is 0 Å². The number of hydrogen-bond acceptors (Lipinski definition) is 2. The lowest BCUT2D eigenvalue weighted by molar-refractivity contribution is -0.0108. The molecule has 2 heterocycles. The summed E-state index contributed by atoms with van der Waals surface area (Å²) in [5.41, 5.74) is 6.53. The van der Waals surface area contributed by atoms with Crippen LogP contribution in [0.3, 0.4) is 0 Å². The molecule has 0 aliphatic carbocycles. The number of nitrogens with one attached hydrogen (secondary N) is 1. The van der Waals surface area contributed by atoms with Crippen molar-refractivity contribution >= 4 is 0 Å². The summed E-state index contributed by atoms with van der Waals surface area (Å²) >= 11 is 0. The molecule has 4 rings (SSSR count). The summed E-state index contributed by atoms with van der Waals surface area (Å²) in [5, 5.41) is 2.87. The second kappa shape index (κ2) is 8.16. The Bertz CT molecular complexity index is 1030. The molecule has 2 aromatic carbocycles. The third-order valence-electron chi connectivity index (χ3n) is 7.71. The van der Waals surface area contributed by atoms with Crippen molar-refractivity contribution in [3.05, 3.63) is 69.8 Å². The maximum Gasteiger partial charge on any atom is 0.285 e. The molecule has 0 unspecified atom stereocenters. The van der Waals surface area contributed by atoms with Crippen LogP contribution < -0.4 is 5.32 Å². The lowest BCUT2D eigenvalue weighted by Gasteiger charge is -2.42. The minimum Gasteiger partial charge on any atom is -0.307 e. The summed E-state index contributed by atoms with van der Waals surface area (Å²) in [6.45, 7) is 19.2. The molecule has 180 valence electrons. The molecule has 0 bridgehead atoms. The molecule has 0 atom stereocenters. The molecule has 0 aromatic heterocycles. The maximum absolute atomic E-state index is 14.2. The highest BCUT2D eigenvalue weighted by atomic mass is 19.3. The van der Waals surface area contributed by atoms with Gasteiger partial charge in [-0.05, 0) is 51.6 Å². The third-order valence-corrected chi connectivity index (χ3v) is 7.71. The Morgan fingerprint density at radius 2 is 1.55 bits per heavy atom. The molecule has 2 aromatic rings. The van der Waals surface area contributed by atoms with E-state index in [1.54, 1.807) is 6.07 Å². The number of nitrogens with zero attached hydrogens (tertiary/aromatic N) is 1. The molecule has 0 spiro atoms. The largest absolute Gasteiger partial charge is 0.307 e. The molecular formula is C29H40F2N2. The van der Waals surface area contributed by atoms with Crippen LogP contribution in [0, 0.1) is 0 Å². The SMILES string of the molecule is CC(C)(C)c1ccc2c(c1)CN(CCC(C)(C)c1ccc3c(c1)CNCC3(F)F)CC2(C)C. The third kappa shape index (κ3) is 4.88. The average molecular weight is 455 g/mol. The minimum atomic E-state index is -2.78. The molecule has 0 fully saturated rings. The molecule has 0 saturated heterocycles. The van der Waals surface area contributed by atoms with E-state index in [0.717, 1.165) is 37.2 Å². The number of hydrogen-bond donors (Lipinski definition) is 1. The minimum absolute atomic E-state index is 0.0839. The van der Waals surface area contributed by atoms with E-state index < -0.39 is 5.92 Å². The molecule has 4 heteroatoms. The van der Waals surface area contributed by atoms with Crippen LogP contribution in [-0.4, -0.2) is 24.5 Å². The Morgan fingerprint density at radius 3 is 2.24 bits per heavy atom. The molecule has 1 N–H and O–H groups in total. The molecule has 33 heavy (non-hydrogen) atoms. The lowest BCUT2D eigenvalue weighted by atomic mass is 9.75. The topological polar surface area (TPSA) is 15.3 Å². The van der Waals surface area contributed by atoms with Crippen LogP contribution in [-0.2, 0) is 35.3 Å². The van der Waals surface area contributed by atoms with Crippen LogP contribution in [0.5, 0.6) is 0 Å². The zero-order valence-corrected chi connectivity index (χ0v) is 21.4. The molecule has 0 amide bonds. The predicted octanol–water partition coefficient (Wildman–Crippen LogP) is 6.64. The molecule has 2 aliphatic heterocycles. The van der Waals surface area contributed by atoms with Gasteiger partial charge < -0.3 is 5.32 Å². The van der Waals surface area contributed by atoms with Crippen molar-refractivity contribution in [3.8, 4) is 0 Å². The lowest BCUT2D eigenvalue weighted by Crippen LogP contribution is -2.43. The highest BCUT2D eigenvalue weighted by Crippen LogP contribution is 2.39. The highest BCUT2D eigenvalue weighted by Gasteiger charge is 2.38. The van der Waals surface area contributed by atoms with Gasteiger partial charge in [-0.15, -0.1) is 0 Å². The van der Waals surface area contributed by atoms with Gasteiger partial charge in [-0.2, -0.15) is 8.78 Å². The second-order valence-corrected chi connectivity index (χ2v) is 12.5. The standard InChI is InChI=1S/C29H40F2N2/c1-26(2,3)22-8-10-24-21(15-22)17-33(19-28(24,6)7)13-12-27(4,5)23-9-11-25-20(14-23)16-32-18-29(25,30)31/h8-11,14-15,32H,12-13,16-19H2,1-7H3. The van der Waals surface area contributed by atoms with Crippen LogP contribution in [0.2, 0.25) is 0 Å². The van der Waals surface area contributed by atoms with Crippen molar-refractivity contribution in [3.63, 3.8) is 0 Å². The van der Waals surface area contributed by atoms with Gasteiger partial charge in [0.2, 0.25) is 0 Å². The van der Waals surface area contributed by atoms with Crippen molar-refractivity contribution in [2.75, 3.05) is 19.6 Å². The predicted molar refractivity (Wildman–Crippen MR) is 133 cm³/mol. The van der Waals surface area contributed by atoms with Crippen LogP contribution in [0.4, 0.5) is 8.78 Å². The summed E-state index contributed by atoms with van der Waals surface area (Å²) < 4.78 is 28.5. The quantitative estimate of drug-likeness (QED) is 0.557. The summed E-state index contributed by atoms with van der Waals surface area (Å²) in [5.74, 6) is -2.78. The summed E-state index contributed by atoms with van der Waals surface area (Å²) in [7, 11) is 0. The summed E-state index contributed by atoms with van der Waals surface area (Å²) in [6.07, 6.45) is 0.986. The molecule has 0 radical (unpaired) electrons. The Balaban J connectivity index is 1.51. The average Bonchev–Trinajstić information content (AvgIpc) is 2.70. The fourth-order valence-electron chi connectivity index (χ4n) is 5.50. The van der Waals surface area contributed by atoms with Gasteiger partial charge in [-0.25, -0.2) is 0 Å². The number of fused-ring (bicyclic) bond motifs is 2. The van der Waals surface area contributed by atoms with E-state index in [2.05, 4.69) is 76.9 Å². The van der Waals surface area contributed by atoms with Gasteiger partial charge in [-0.3, -0.25) is 4.90 Å². The zero-order valence-electron chi connectivity index (χ0n) is 21.4. The summed E-state index contributed by atoms with van der Waals surface area (Å²) in [6, 6.07) is 12.6. The second-order valence-electron chi connectivity index (χ2n) is 12.5. The van der Waals surface area contributed by atoms with E-state index in [4.69, 9.17) is 0 Å². The number of benzene rings is 2. The first-order chi connectivity index (χ1) is 15.2.